The Bertz CT molecular complexity index is 844. The Morgan fingerprint density at radius 1 is 1.19 bits per heavy atom. The van der Waals surface area contributed by atoms with Crippen molar-refractivity contribution in [3.63, 3.8) is 0 Å². The first-order valence-electron chi connectivity index (χ1n) is 8.02. The van der Waals surface area contributed by atoms with Gasteiger partial charge in [0.05, 0.1) is 6.07 Å². The van der Waals surface area contributed by atoms with E-state index in [2.05, 4.69) is 4.98 Å². The van der Waals surface area contributed by atoms with Crippen LogP contribution in [0.2, 0.25) is 0 Å². The van der Waals surface area contributed by atoms with Crippen LogP contribution in [0.25, 0.3) is 0 Å². The molecule has 0 radical (unpaired) electrons. The molecule has 0 aliphatic carbocycles. The van der Waals surface area contributed by atoms with E-state index in [-0.39, 0.29) is 6.61 Å². The highest BCUT2D eigenvalue weighted by Gasteiger charge is 2.24. The number of hydrogen-bond acceptors (Lipinski definition) is 7. The third-order valence-corrected chi connectivity index (χ3v) is 4.68. The monoisotopic (exact) mass is 372 g/mol. The van der Waals surface area contributed by atoms with Gasteiger partial charge in [-0.15, -0.1) is 11.3 Å². The van der Waals surface area contributed by atoms with Crippen LogP contribution in [0.5, 0.6) is 5.75 Å². The molecule has 2 aromatic rings. The minimum absolute atomic E-state index is 0.300. The number of aromatic nitrogens is 1. The molecule has 7 heteroatoms. The number of hydrogen-bond donors (Lipinski definition) is 0. The van der Waals surface area contributed by atoms with Crippen molar-refractivity contribution in [3.05, 3.63) is 44.9 Å². The topological polar surface area (TPSA) is 89.3 Å². The van der Waals surface area contributed by atoms with Gasteiger partial charge in [-0.2, -0.15) is 5.26 Å². The van der Waals surface area contributed by atoms with E-state index >= 15 is 0 Å². The van der Waals surface area contributed by atoms with E-state index in [4.69, 9.17) is 9.47 Å². The molecule has 6 nitrogen and oxygen atoms in total. The molecule has 0 bridgehead atoms. The summed E-state index contributed by atoms with van der Waals surface area (Å²) in [7, 11) is 0. The van der Waals surface area contributed by atoms with Crippen molar-refractivity contribution in [1.29, 1.82) is 5.26 Å². The summed E-state index contributed by atoms with van der Waals surface area (Å²) in [6.45, 7) is 6.79. The lowest BCUT2D eigenvalue weighted by Gasteiger charge is -2.13. The van der Waals surface area contributed by atoms with E-state index < -0.39 is 24.3 Å². The average Bonchev–Trinajstić information content (AvgIpc) is 2.98. The molecule has 0 saturated carbocycles. The van der Waals surface area contributed by atoms with Gasteiger partial charge in [-0.25, -0.2) is 9.78 Å². The average molecular weight is 372 g/mol. The lowest BCUT2D eigenvalue weighted by atomic mass is 10.1. The highest BCUT2D eigenvalue weighted by atomic mass is 32.1. The molecule has 26 heavy (non-hydrogen) atoms. The van der Waals surface area contributed by atoms with Crippen LogP contribution in [-0.4, -0.2) is 30.0 Å². The summed E-state index contributed by atoms with van der Waals surface area (Å²) in [6, 6.07) is 5.84. The molecule has 2 rings (SSSR count). The predicted molar refractivity (Wildman–Crippen MR) is 97.3 cm³/mol. The van der Waals surface area contributed by atoms with Crippen LogP contribution in [0.1, 0.15) is 33.3 Å². The van der Waals surface area contributed by atoms with Crippen molar-refractivity contribution in [2.24, 2.45) is 0 Å². The lowest BCUT2D eigenvalue weighted by Crippen LogP contribution is -2.23. The Kier molecular flexibility index (Phi) is 6.47. The van der Waals surface area contributed by atoms with Gasteiger partial charge in [-0.3, -0.25) is 4.79 Å². The fraction of sp³-hybridized carbons (Fsp3) is 0.368. The van der Waals surface area contributed by atoms with Gasteiger partial charge in [0, 0.05) is 11.1 Å². The Balaban J connectivity index is 1.89. The van der Waals surface area contributed by atoms with Crippen LogP contribution in [-0.2, 0) is 14.3 Å². The van der Waals surface area contributed by atoms with Crippen LogP contribution < -0.4 is 4.74 Å². The zero-order valence-electron chi connectivity index (χ0n) is 15.2. The van der Waals surface area contributed by atoms with E-state index in [1.54, 1.807) is 12.3 Å². The van der Waals surface area contributed by atoms with Gasteiger partial charge in [-0.05, 0) is 38.8 Å². The smallest absolute Gasteiger partial charge is 0.344 e. The zero-order chi connectivity index (χ0) is 19.3. The zero-order valence-corrected chi connectivity index (χ0v) is 16.0. The Morgan fingerprint density at radius 3 is 2.38 bits per heavy atom. The summed E-state index contributed by atoms with van der Waals surface area (Å²) in [6.07, 6.45) is 0. The summed E-state index contributed by atoms with van der Waals surface area (Å²) in [4.78, 5) is 28.1. The van der Waals surface area contributed by atoms with Gasteiger partial charge in [0.1, 0.15) is 10.8 Å². The second-order valence-corrected chi connectivity index (χ2v) is 6.92. The van der Waals surface area contributed by atoms with Crippen LogP contribution in [0, 0.1) is 39.0 Å². The van der Waals surface area contributed by atoms with E-state index in [9.17, 15) is 14.9 Å². The number of aryl methyl sites for hydroxylation is 4. The number of carbonyl (C=O) groups is 2. The second kappa shape index (κ2) is 8.59. The lowest BCUT2D eigenvalue weighted by molar-refractivity contribution is -0.150. The number of rotatable bonds is 7. The number of benzene rings is 1. The molecule has 136 valence electrons. The minimum atomic E-state index is -1.02. The molecule has 0 unspecified atom stereocenters. The largest absolute Gasteiger partial charge is 0.481 e. The van der Waals surface area contributed by atoms with Gasteiger partial charge in [-0.1, -0.05) is 17.7 Å². The van der Waals surface area contributed by atoms with Crippen LogP contribution in [0.3, 0.4) is 0 Å². The third kappa shape index (κ3) is 4.90. The number of ether oxygens (including phenoxy) is 2. The molecule has 1 atom stereocenters. The Labute approximate surface area is 156 Å². The summed E-state index contributed by atoms with van der Waals surface area (Å²) in [5.41, 5.74) is 3.71. The van der Waals surface area contributed by atoms with Gasteiger partial charge in [0.15, 0.2) is 24.9 Å². The number of esters is 1. The molecule has 1 aromatic heterocycles. The minimum Gasteiger partial charge on any atom is -0.481 e. The molecule has 0 aliphatic rings. The molecule has 0 aliphatic heterocycles. The fourth-order valence-electron chi connectivity index (χ4n) is 2.57. The number of ketones is 1. The maximum absolute atomic E-state index is 12.1. The van der Waals surface area contributed by atoms with E-state index in [0.717, 1.165) is 22.4 Å². The summed E-state index contributed by atoms with van der Waals surface area (Å²) in [5, 5.41) is 11.4. The van der Waals surface area contributed by atoms with Crippen molar-refractivity contribution in [1.82, 2.24) is 4.98 Å². The van der Waals surface area contributed by atoms with Crippen molar-refractivity contribution >= 4 is 23.1 Å². The molecule has 0 saturated heterocycles. The first kappa shape index (κ1) is 19.6. The van der Waals surface area contributed by atoms with E-state index in [1.807, 2.05) is 39.0 Å². The quantitative estimate of drug-likeness (QED) is 0.694. The van der Waals surface area contributed by atoms with Crippen LogP contribution in [0.15, 0.2) is 17.5 Å². The van der Waals surface area contributed by atoms with Crippen molar-refractivity contribution < 1.29 is 19.1 Å². The first-order chi connectivity index (χ1) is 12.3. The van der Waals surface area contributed by atoms with E-state index in [1.165, 1.54) is 11.3 Å². The van der Waals surface area contributed by atoms with Crippen LogP contribution in [0.4, 0.5) is 0 Å². The Hall–Kier alpha value is -2.72. The number of Topliss-reactive ketones (excluding diaryl/α,β-unsaturated/α-hetero) is 1. The molecule has 1 aromatic carbocycles. The highest BCUT2D eigenvalue weighted by molar-refractivity contribution is 7.09. The molecule has 0 spiro atoms. The van der Waals surface area contributed by atoms with Crippen LogP contribution >= 0.6 is 11.3 Å². The molecule has 0 fully saturated rings. The van der Waals surface area contributed by atoms with Gasteiger partial charge >= 0.3 is 5.97 Å². The van der Waals surface area contributed by atoms with Crippen molar-refractivity contribution in [2.45, 2.75) is 33.6 Å². The SMILES string of the molecule is Cc1cc(C)c(OCC(=O)OCC(=O)[C@@H](C#N)c2nc(C)cs2)c(C)c1. The number of nitriles is 1. The van der Waals surface area contributed by atoms with Crippen molar-refractivity contribution in [3.8, 4) is 11.8 Å². The normalized spacial score (nSPS) is 11.5. The summed E-state index contributed by atoms with van der Waals surface area (Å²) < 4.78 is 10.5. The molecular weight excluding hydrogens is 352 g/mol. The fourth-order valence-corrected chi connectivity index (χ4v) is 3.43. The first-order valence-corrected chi connectivity index (χ1v) is 8.90. The van der Waals surface area contributed by atoms with Gasteiger partial charge in [0.2, 0.25) is 0 Å². The summed E-state index contributed by atoms with van der Waals surface area (Å²) in [5.74, 6) is -1.56. The van der Waals surface area contributed by atoms with Gasteiger partial charge in [0.25, 0.3) is 0 Å². The Morgan fingerprint density at radius 2 is 1.85 bits per heavy atom. The standard InChI is InChI=1S/C19H20N2O4S/c1-11-5-12(2)18(13(3)6-11)25-9-17(23)24-8-16(22)15(7-20)19-21-14(4)10-26-19/h5-6,10,15H,8-9H2,1-4H3/t15-/m1/s1. The van der Waals surface area contributed by atoms with E-state index in [0.29, 0.717) is 10.8 Å². The second-order valence-electron chi connectivity index (χ2n) is 6.03. The molecular formula is C19H20N2O4S. The summed E-state index contributed by atoms with van der Waals surface area (Å²) >= 11 is 1.24. The number of nitrogens with zero attached hydrogens (tertiary/aromatic N) is 2. The highest BCUT2D eigenvalue weighted by Crippen LogP contribution is 2.24. The molecule has 1 heterocycles. The number of thiazole rings is 1. The number of carbonyl (C=O) groups excluding carboxylic acids is 2. The third-order valence-electron chi connectivity index (χ3n) is 3.65. The predicted octanol–water partition coefficient (Wildman–Crippen LogP) is 3.18. The van der Waals surface area contributed by atoms with Crippen molar-refractivity contribution in [2.75, 3.05) is 13.2 Å². The van der Waals surface area contributed by atoms with Gasteiger partial charge < -0.3 is 9.47 Å². The maximum Gasteiger partial charge on any atom is 0.344 e. The molecule has 0 amide bonds. The maximum atomic E-state index is 12.1. The molecule has 0 N–H and O–H groups in total.